The van der Waals surface area contributed by atoms with Crippen LogP contribution in [0, 0.1) is 22.2 Å². The summed E-state index contributed by atoms with van der Waals surface area (Å²) < 4.78 is 5.13. The van der Waals surface area contributed by atoms with Crippen molar-refractivity contribution in [3.05, 3.63) is 35.9 Å². The number of hydrogen-bond acceptors (Lipinski definition) is 3. The lowest BCUT2D eigenvalue weighted by molar-refractivity contribution is -0.277. The summed E-state index contributed by atoms with van der Waals surface area (Å²) >= 11 is 0. The second kappa shape index (κ2) is 3.63. The molecule has 5 rings (SSSR count). The van der Waals surface area contributed by atoms with Crippen molar-refractivity contribution in [1.82, 2.24) is 0 Å². The number of benzene rings is 1. The number of carbonyl (C=O) groups excluding carboxylic acids is 1. The average molecular weight is 312 g/mol. The van der Waals surface area contributed by atoms with E-state index in [1.165, 1.54) is 12.7 Å². The van der Waals surface area contributed by atoms with Gasteiger partial charge in [-0.25, -0.2) is 0 Å². The molecule has 0 aromatic heterocycles. The van der Waals surface area contributed by atoms with Crippen molar-refractivity contribution >= 4 is 11.9 Å². The molecule has 4 saturated carbocycles. The number of fused-ring (bicyclic) bond motifs is 1. The number of methoxy groups -OCH3 is 1. The SMILES string of the molecule is COC(=O)C12CC3CC4(C(=O)O)CC(c5ccccc5)(C1)C34C2. The number of rotatable bonds is 3. The highest BCUT2D eigenvalue weighted by Gasteiger charge is 2.93. The standard InChI is InChI=1S/C19H20O4/c1-23-15(22)16-7-13-8-17(14(20)21)11-18(9-16,19(13,17)10-16)12-5-3-2-4-6-12/h2-6,13H,7-11H2,1H3,(H,20,21). The molecule has 4 nitrogen and oxygen atoms in total. The molecule has 4 aliphatic carbocycles. The first kappa shape index (κ1) is 13.6. The van der Waals surface area contributed by atoms with E-state index in [0.29, 0.717) is 18.8 Å². The highest BCUT2D eigenvalue weighted by atomic mass is 16.5. The normalized spacial score (nSPS) is 48.1. The van der Waals surface area contributed by atoms with E-state index < -0.39 is 16.8 Å². The summed E-state index contributed by atoms with van der Waals surface area (Å²) in [6, 6.07) is 10.3. The summed E-state index contributed by atoms with van der Waals surface area (Å²) in [5.74, 6) is -0.450. The van der Waals surface area contributed by atoms with Gasteiger partial charge < -0.3 is 9.84 Å². The number of esters is 1. The van der Waals surface area contributed by atoms with Crippen LogP contribution in [0.5, 0.6) is 0 Å². The molecule has 4 fully saturated rings. The molecule has 1 aromatic carbocycles. The molecule has 5 atom stereocenters. The fraction of sp³-hybridized carbons (Fsp3) is 0.579. The zero-order valence-electron chi connectivity index (χ0n) is 13.2. The molecule has 0 saturated heterocycles. The number of hydrogen-bond donors (Lipinski definition) is 1. The molecule has 1 spiro atoms. The maximum absolute atomic E-state index is 12.6. The molecule has 4 aliphatic rings. The average Bonchev–Trinajstić information content (AvgIpc) is 3.00. The van der Waals surface area contributed by atoms with Crippen LogP contribution in [-0.4, -0.2) is 24.2 Å². The van der Waals surface area contributed by atoms with Gasteiger partial charge in [0.05, 0.1) is 17.9 Å². The first-order valence-electron chi connectivity index (χ1n) is 8.34. The molecular weight excluding hydrogens is 292 g/mol. The molecular formula is C19H20O4. The Morgan fingerprint density at radius 2 is 1.87 bits per heavy atom. The molecule has 5 unspecified atom stereocenters. The van der Waals surface area contributed by atoms with E-state index in [2.05, 4.69) is 12.1 Å². The second-order valence-electron chi connectivity index (χ2n) is 8.21. The van der Waals surface area contributed by atoms with Crippen LogP contribution in [-0.2, 0) is 19.7 Å². The minimum Gasteiger partial charge on any atom is -0.481 e. The lowest BCUT2D eigenvalue weighted by atomic mass is 9.24. The predicted octanol–water partition coefficient (Wildman–Crippen LogP) is 2.76. The van der Waals surface area contributed by atoms with Gasteiger partial charge in [-0.1, -0.05) is 30.3 Å². The molecule has 1 N–H and O–H groups in total. The number of carboxylic acid groups (broad SMARTS) is 1. The molecule has 0 aliphatic heterocycles. The fourth-order valence-corrected chi connectivity index (χ4v) is 7.44. The third-order valence-corrected chi connectivity index (χ3v) is 7.85. The molecule has 0 radical (unpaired) electrons. The van der Waals surface area contributed by atoms with Crippen LogP contribution >= 0.6 is 0 Å². The van der Waals surface area contributed by atoms with Gasteiger partial charge in [0.1, 0.15) is 0 Å². The summed E-state index contributed by atoms with van der Waals surface area (Å²) in [5.41, 5.74) is -0.251. The number of carboxylic acids is 1. The number of aliphatic carboxylic acids is 1. The molecule has 0 amide bonds. The Kier molecular flexibility index (Phi) is 2.14. The van der Waals surface area contributed by atoms with Crippen molar-refractivity contribution in [3.63, 3.8) is 0 Å². The Balaban J connectivity index is 1.70. The minimum absolute atomic E-state index is 0.134. The van der Waals surface area contributed by atoms with Crippen molar-refractivity contribution in [2.24, 2.45) is 22.2 Å². The number of carbonyl (C=O) groups is 2. The van der Waals surface area contributed by atoms with Crippen molar-refractivity contribution in [2.75, 3.05) is 7.11 Å². The summed E-state index contributed by atoms with van der Waals surface area (Å²) in [7, 11) is 1.45. The summed E-state index contributed by atoms with van der Waals surface area (Å²) in [5, 5.41) is 9.92. The van der Waals surface area contributed by atoms with Gasteiger partial charge in [-0.05, 0) is 43.6 Å². The fourth-order valence-electron chi connectivity index (χ4n) is 7.44. The van der Waals surface area contributed by atoms with Crippen LogP contribution in [0.4, 0.5) is 0 Å². The van der Waals surface area contributed by atoms with Gasteiger partial charge in [-0.2, -0.15) is 0 Å². The van der Waals surface area contributed by atoms with E-state index in [4.69, 9.17) is 4.74 Å². The van der Waals surface area contributed by atoms with Gasteiger partial charge in [0.2, 0.25) is 0 Å². The monoisotopic (exact) mass is 312 g/mol. The Hall–Kier alpha value is -1.84. The van der Waals surface area contributed by atoms with E-state index in [1.807, 2.05) is 18.2 Å². The predicted molar refractivity (Wildman–Crippen MR) is 81.6 cm³/mol. The third-order valence-electron chi connectivity index (χ3n) is 7.85. The molecule has 120 valence electrons. The third kappa shape index (κ3) is 1.09. The largest absolute Gasteiger partial charge is 0.481 e. The smallest absolute Gasteiger partial charge is 0.311 e. The van der Waals surface area contributed by atoms with Crippen LogP contribution in [0.2, 0.25) is 0 Å². The number of ether oxygens (including phenoxy) is 1. The van der Waals surface area contributed by atoms with Crippen LogP contribution < -0.4 is 0 Å². The summed E-state index contributed by atoms with van der Waals surface area (Å²) in [4.78, 5) is 24.6. The van der Waals surface area contributed by atoms with E-state index in [-0.39, 0.29) is 16.8 Å². The first-order chi connectivity index (χ1) is 11.0. The molecule has 2 bridgehead atoms. The maximum atomic E-state index is 12.6. The molecule has 23 heavy (non-hydrogen) atoms. The lowest BCUT2D eigenvalue weighted by Gasteiger charge is -2.78. The molecule has 0 heterocycles. The van der Waals surface area contributed by atoms with Crippen molar-refractivity contribution in [3.8, 4) is 0 Å². The van der Waals surface area contributed by atoms with Crippen molar-refractivity contribution in [2.45, 2.75) is 37.5 Å². The van der Waals surface area contributed by atoms with E-state index in [9.17, 15) is 14.7 Å². The first-order valence-corrected chi connectivity index (χ1v) is 8.34. The van der Waals surface area contributed by atoms with E-state index in [1.54, 1.807) is 0 Å². The summed E-state index contributed by atoms with van der Waals surface area (Å²) in [6.07, 6.45) is 3.66. The topological polar surface area (TPSA) is 63.6 Å². The molecule has 4 heteroatoms. The zero-order valence-corrected chi connectivity index (χ0v) is 13.2. The maximum Gasteiger partial charge on any atom is 0.311 e. The van der Waals surface area contributed by atoms with Crippen LogP contribution in [0.3, 0.4) is 0 Å². The quantitative estimate of drug-likeness (QED) is 0.872. The van der Waals surface area contributed by atoms with Crippen LogP contribution in [0.1, 0.15) is 37.7 Å². The minimum atomic E-state index is -0.664. The highest BCUT2D eigenvalue weighted by Crippen LogP contribution is 2.94. The van der Waals surface area contributed by atoms with Gasteiger partial charge in [-0.15, -0.1) is 0 Å². The Morgan fingerprint density at radius 3 is 2.52 bits per heavy atom. The summed E-state index contributed by atoms with van der Waals surface area (Å²) in [6.45, 7) is 0. The van der Waals surface area contributed by atoms with E-state index >= 15 is 0 Å². The van der Waals surface area contributed by atoms with Crippen LogP contribution in [0.25, 0.3) is 0 Å². The van der Waals surface area contributed by atoms with Gasteiger partial charge in [-0.3, -0.25) is 9.59 Å². The molecule has 1 aromatic rings. The highest BCUT2D eigenvalue weighted by molar-refractivity contribution is 5.86. The Bertz CT molecular complexity index is 743. The Morgan fingerprint density at radius 1 is 1.13 bits per heavy atom. The van der Waals surface area contributed by atoms with Gasteiger partial charge in [0.15, 0.2) is 0 Å². The Labute approximate surface area is 134 Å². The van der Waals surface area contributed by atoms with Crippen molar-refractivity contribution in [1.29, 1.82) is 0 Å². The van der Waals surface area contributed by atoms with Crippen LogP contribution in [0.15, 0.2) is 30.3 Å². The van der Waals surface area contributed by atoms with Gasteiger partial charge in [0.25, 0.3) is 0 Å². The van der Waals surface area contributed by atoms with Gasteiger partial charge >= 0.3 is 11.9 Å². The van der Waals surface area contributed by atoms with Crippen molar-refractivity contribution < 1.29 is 19.4 Å². The van der Waals surface area contributed by atoms with Gasteiger partial charge in [0, 0.05) is 10.8 Å². The zero-order chi connectivity index (χ0) is 16.1. The van der Waals surface area contributed by atoms with E-state index in [0.717, 1.165) is 19.3 Å². The second-order valence-corrected chi connectivity index (χ2v) is 8.21. The lowest BCUT2D eigenvalue weighted by Crippen LogP contribution is -2.78.